The van der Waals surface area contributed by atoms with Crippen molar-refractivity contribution < 1.29 is 13.5 Å². The van der Waals surface area contributed by atoms with E-state index in [1.165, 1.54) is 0 Å². The lowest BCUT2D eigenvalue weighted by molar-refractivity contribution is 0.195. The fourth-order valence-electron chi connectivity index (χ4n) is 3.01. The molecule has 1 fully saturated rings. The van der Waals surface area contributed by atoms with Crippen LogP contribution in [0, 0.1) is 25.7 Å². The highest BCUT2D eigenvalue weighted by Gasteiger charge is 2.28. The molecule has 0 aliphatic heterocycles. The summed E-state index contributed by atoms with van der Waals surface area (Å²) in [6, 6.07) is 5.33. The third-order valence-electron chi connectivity index (χ3n) is 4.09. The third-order valence-corrected chi connectivity index (χ3v) is 5.50. The summed E-state index contributed by atoms with van der Waals surface area (Å²) < 4.78 is 27.3. The Hall–Kier alpha value is -0.910. The first kappa shape index (κ1) is 15.5. The maximum absolute atomic E-state index is 12.3. The van der Waals surface area contributed by atoms with Gasteiger partial charge in [0.25, 0.3) is 0 Å². The molecule has 1 aromatic rings. The van der Waals surface area contributed by atoms with Gasteiger partial charge in [-0.1, -0.05) is 12.5 Å². The molecule has 0 saturated heterocycles. The fraction of sp³-hybridized carbons (Fsp3) is 0.600. The van der Waals surface area contributed by atoms with Crippen LogP contribution < -0.4 is 4.72 Å². The van der Waals surface area contributed by atoms with Crippen molar-refractivity contribution in [2.75, 3.05) is 13.2 Å². The van der Waals surface area contributed by atoms with Crippen LogP contribution in [0.1, 0.15) is 30.4 Å². The van der Waals surface area contributed by atoms with Gasteiger partial charge in [0, 0.05) is 13.2 Å². The van der Waals surface area contributed by atoms with Crippen molar-refractivity contribution in [3.8, 4) is 0 Å². The first-order valence-electron chi connectivity index (χ1n) is 7.11. The second-order valence-electron chi connectivity index (χ2n) is 5.81. The Morgan fingerprint density at radius 2 is 1.75 bits per heavy atom. The smallest absolute Gasteiger partial charge is 0.240 e. The zero-order chi connectivity index (χ0) is 14.8. The Morgan fingerprint density at radius 3 is 2.35 bits per heavy atom. The van der Waals surface area contributed by atoms with Crippen LogP contribution in [0.2, 0.25) is 0 Å². The number of hydrogen-bond acceptors (Lipinski definition) is 3. The molecule has 20 heavy (non-hydrogen) atoms. The number of aryl methyl sites for hydroxylation is 2. The van der Waals surface area contributed by atoms with E-state index in [0.717, 1.165) is 30.4 Å². The Balaban J connectivity index is 2.07. The highest BCUT2D eigenvalue weighted by molar-refractivity contribution is 7.89. The minimum Gasteiger partial charge on any atom is -0.396 e. The topological polar surface area (TPSA) is 66.4 Å². The van der Waals surface area contributed by atoms with Crippen LogP contribution in [0.5, 0.6) is 0 Å². The molecular formula is C15H23NO3S. The molecule has 1 aliphatic carbocycles. The molecule has 0 bridgehead atoms. The van der Waals surface area contributed by atoms with E-state index in [4.69, 9.17) is 0 Å². The first-order chi connectivity index (χ1) is 9.42. The van der Waals surface area contributed by atoms with Gasteiger partial charge in [-0.3, -0.25) is 0 Å². The number of sulfonamides is 1. The number of nitrogens with one attached hydrogen (secondary N) is 1. The van der Waals surface area contributed by atoms with Gasteiger partial charge in [0.15, 0.2) is 0 Å². The van der Waals surface area contributed by atoms with Crippen LogP contribution in [-0.4, -0.2) is 26.7 Å². The van der Waals surface area contributed by atoms with E-state index in [-0.39, 0.29) is 18.4 Å². The number of benzene rings is 1. The molecular weight excluding hydrogens is 274 g/mol. The van der Waals surface area contributed by atoms with Gasteiger partial charge in [0.1, 0.15) is 0 Å². The maximum atomic E-state index is 12.3. The Morgan fingerprint density at radius 1 is 1.15 bits per heavy atom. The Labute approximate surface area is 121 Å². The van der Waals surface area contributed by atoms with Gasteiger partial charge in [0.2, 0.25) is 10.0 Å². The Bertz CT molecular complexity index is 548. The molecule has 5 heteroatoms. The van der Waals surface area contributed by atoms with Crippen molar-refractivity contribution in [1.82, 2.24) is 4.72 Å². The van der Waals surface area contributed by atoms with Crippen LogP contribution in [0.25, 0.3) is 0 Å². The van der Waals surface area contributed by atoms with Crippen molar-refractivity contribution in [3.05, 3.63) is 29.3 Å². The van der Waals surface area contributed by atoms with E-state index in [9.17, 15) is 13.5 Å². The average molecular weight is 297 g/mol. The van der Waals surface area contributed by atoms with Gasteiger partial charge in [-0.2, -0.15) is 0 Å². The molecule has 4 nitrogen and oxygen atoms in total. The summed E-state index contributed by atoms with van der Waals surface area (Å²) in [4.78, 5) is 0.327. The van der Waals surface area contributed by atoms with E-state index < -0.39 is 10.0 Å². The fourth-order valence-corrected chi connectivity index (χ4v) is 4.29. The minimum atomic E-state index is -3.46. The normalized spacial score (nSPS) is 23.1. The maximum Gasteiger partial charge on any atom is 0.240 e. The van der Waals surface area contributed by atoms with Gasteiger partial charge in [-0.25, -0.2) is 13.1 Å². The summed E-state index contributed by atoms with van der Waals surface area (Å²) in [7, 11) is -3.46. The second-order valence-corrected chi connectivity index (χ2v) is 7.58. The van der Waals surface area contributed by atoms with Crippen LogP contribution in [-0.2, 0) is 10.0 Å². The lowest BCUT2D eigenvalue weighted by Crippen LogP contribution is -2.31. The lowest BCUT2D eigenvalue weighted by Gasteiger charge is -2.18. The van der Waals surface area contributed by atoms with Crippen molar-refractivity contribution in [2.24, 2.45) is 11.8 Å². The predicted molar refractivity (Wildman–Crippen MR) is 79.0 cm³/mol. The SMILES string of the molecule is Cc1cc(C)cc(S(=O)(=O)NCC2CCCC2CO)c1. The molecule has 2 N–H and O–H groups in total. The van der Waals surface area contributed by atoms with E-state index in [0.29, 0.717) is 11.4 Å². The number of aliphatic hydroxyl groups is 1. The molecule has 2 unspecified atom stereocenters. The summed E-state index contributed by atoms with van der Waals surface area (Å²) >= 11 is 0. The molecule has 0 radical (unpaired) electrons. The van der Waals surface area contributed by atoms with Gasteiger partial charge in [-0.05, 0) is 61.8 Å². The lowest BCUT2D eigenvalue weighted by atomic mass is 9.97. The molecule has 2 atom stereocenters. The van der Waals surface area contributed by atoms with Gasteiger partial charge < -0.3 is 5.11 Å². The van der Waals surface area contributed by atoms with Crippen LogP contribution in [0.3, 0.4) is 0 Å². The van der Waals surface area contributed by atoms with Crippen molar-refractivity contribution in [1.29, 1.82) is 0 Å². The van der Waals surface area contributed by atoms with Crippen molar-refractivity contribution >= 4 is 10.0 Å². The monoisotopic (exact) mass is 297 g/mol. The molecule has 0 aromatic heterocycles. The molecule has 0 amide bonds. The minimum absolute atomic E-state index is 0.149. The molecule has 112 valence electrons. The number of rotatable bonds is 5. The largest absolute Gasteiger partial charge is 0.396 e. The first-order valence-corrected chi connectivity index (χ1v) is 8.59. The van der Waals surface area contributed by atoms with Crippen LogP contribution in [0.15, 0.2) is 23.1 Å². The third kappa shape index (κ3) is 3.59. The standard InChI is InChI=1S/C15H23NO3S/c1-11-6-12(2)8-15(7-11)20(18,19)16-9-13-4-3-5-14(13)10-17/h6-8,13-14,16-17H,3-5,9-10H2,1-2H3. The molecule has 1 saturated carbocycles. The summed E-state index contributed by atoms with van der Waals surface area (Å²) in [6.45, 7) is 4.35. The van der Waals surface area contributed by atoms with E-state index in [1.54, 1.807) is 12.1 Å². The van der Waals surface area contributed by atoms with E-state index >= 15 is 0 Å². The zero-order valence-electron chi connectivity index (χ0n) is 12.1. The highest BCUT2D eigenvalue weighted by atomic mass is 32.2. The summed E-state index contributed by atoms with van der Waals surface area (Å²) in [5.74, 6) is 0.484. The highest BCUT2D eigenvalue weighted by Crippen LogP contribution is 2.31. The molecule has 0 heterocycles. The molecule has 1 aliphatic rings. The van der Waals surface area contributed by atoms with Gasteiger partial charge in [0.05, 0.1) is 4.90 Å². The number of hydrogen-bond donors (Lipinski definition) is 2. The van der Waals surface area contributed by atoms with Crippen LogP contribution in [0.4, 0.5) is 0 Å². The summed E-state index contributed by atoms with van der Waals surface area (Å²) in [5, 5.41) is 9.28. The quantitative estimate of drug-likeness (QED) is 0.873. The average Bonchev–Trinajstić information content (AvgIpc) is 2.82. The van der Waals surface area contributed by atoms with Gasteiger partial charge >= 0.3 is 0 Å². The number of aliphatic hydroxyl groups excluding tert-OH is 1. The van der Waals surface area contributed by atoms with Crippen molar-refractivity contribution in [3.63, 3.8) is 0 Å². The Kier molecular flexibility index (Phi) is 4.83. The van der Waals surface area contributed by atoms with Gasteiger partial charge in [-0.15, -0.1) is 0 Å². The van der Waals surface area contributed by atoms with Crippen molar-refractivity contribution in [2.45, 2.75) is 38.0 Å². The zero-order valence-corrected chi connectivity index (χ0v) is 12.9. The molecule has 1 aromatic carbocycles. The summed E-state index contributed by atoms with van der Waals surface area (Å²) in [5.41, 5.74) is 1.89. The predicted octanol–water partition coefficient (Wildman–Crippen LogP) is 1.99. The summed E-state index contributed by atoms with van der Waals surface area (Å²) in [6.07, 6.45) is 3.05. The molecule has 0 spiro atoms. The van der Waals surface area contributed by atoms with Crippen LogP contribution >= 0.6 is 0 Å². The van der Waals surface area contributed by atoms with E-state index in [1.807, 2.05) is 19.9 Å². The molecule has 2 rings (SSSR count). The second kappa shape index (κ2) is 6.24. The van der Waals surface area contributed by atoms with E-state index in [2.05, 4.69) is 4.72 Å².